The Morgan fingerprint density at radius 3 is 2.29 bits per heavy atom. The standard InChI is InChI=1S/C16H33N/c1-4-6-7-14(5-2)12-16(17)15-10-8-13(3)9-11-15/h13-16H,4-12,17H2,1-3H3. The van der Waals surface area contributed by atoms with Crippen molar-refractivity contribution in [2.45, 2.75) is 84.6 Å². The second-order valence-corrected chi connectivity index (χ2v) is 6.34. The molecule has 2 atom stereocenters. The monoisotopic (exact) mass is 239 g/mol. The summed E-state index contributed by atoms with van der Waals surface area (Å²) in [7, 11) is 0. The van der Waals surface area contributed by atoms with E-state index in [1.165, 1.54) is 57.8 Å². The molecule has 0 amide bonds. The first-order valence-corrected chi connectivity index (χ1v) is 7.92. The van der Waals surface area contributed by atoms with Crippen molar-refractivity contribution in [3.05, 3.63) is 0 Å². The van der Waals surface area contributed by atoms with Gasteiger partial charge in [0.25, 0.3) is 0 Å². The highest BCUT2D eigenvalue weighted by molar-refractivity contribution is 4.80. The Hall–Kier alpha value is -0.0400. The molecule has 102 valence electrons. The van der Waals surface area contributed by atoms with Gasteiger partial charge in [-0.25, -0.2) is 0 Å². The predicted octanol–water partition coefficient (Wildman–Crippen LogP) is 4.75. The number of hydrogen-bond acceptors (Lipinski definition) is 1. The summed E-state index contributed by atoms with van der Waals surface area (Å²) in [4.78, 5) is 0. The van der Waals surface area contributed by atoms with E-state index in [1.807, 2.05) is 0 Å². The Bertz CT molecular complexity index is 182. The minimum Gasteiger partial charge on any atom is -0.327 e. The average molecular weight is 239 g/mol. The molecule has 0 aromatic carbocycles. The summed E-state index contributed by atoms with van der Waals surface area (Å²) in [5, 5.41) is 0. The number of hydrogen-bond donors (Lipinski definition) is 1. The van der Waals surface area contributed by atoms with Gasteiger partial charge in [-0.05, 0) is 37.0 Å². The third kappa shape index (κ3) is 5.42. The van der Waals surface area contributed by atoms with Crippen LogP contribution in [0.25, 0.3) is 0 Å². The Labute approximate surface area is 109 Å². The normalized spacial score (nSPS) is 28.9. The van der Waals surface area contributed by atoms with Crippen LogP contribution in [-0.2, 0) is 0 Å². The minimum atomic E-state index is 0.476. The van der Waals surface area contributed by atoms with Gasteiger partial charge in [0.2, 0.25) is 0 Å². The van der Waals surface area contributed by atoms with Gasteiger partial charge in [-0.15, -0.1) is 0 Å². The highest BCUT2D eigenvalue weighted by atomic mass is 14.7. The molecule has 1 aliphatic rings. The van der Waals surface area contributed by atoms with E-state index in [2.05, 4.69) is 20.8 Å². The molecule has 1 fully saturated rings. The van der Waals surface area contributed by atoms with Crippen LogP contribution in [0.1, 0.15) is 78.6 Å². The van der Waals surface area contributed by atoms with Crippen molar-refractivity contribution < 1.29 is 0 Å². The summed E-state index contributed by atoms with van der Waals surface area (Å²) < 4.78 is 0. The van der Waals surface area contributed by atoms with Crippen molar-refractivity contribution in [3.63, 3.8) is 0 Å². The van der Waals surface area contributed by atoms with Gasteiger partial charge in [0.05, 0.1) is 0 Å². The first-order valence-electron chi connectivity index (χ1n) is 7.92. The number of rotatable bonds is 7. The Morgan fingerprint density at radius 1 is 1.12 bits per heavy atom. The fourth-order valence-electron chi connectivity index (χ4n) is 3.27. The van der Waals surface area contributed by atoms with Crippen LogP contribution in [-0.4, -0.2) is 6.04 Å². The molecule has 17 heavy (non-hydrogen) atoms. The third-order valence-electron chi connectivity index (χ3n) is 4.81. The van der Waals surface area contributed by atoms with Crippen LogP contribution >= 0.6 is 0 Å². The predicted molar refractivity (Wildman–Crippen MR) is 77.0 cm³/mol. The Kier molecular flexibility index (Phi) is 7.18. The van der Waals surface area contributed by atoms with E-state index in [0.29, 0.717) is 6.04 Å². The molecular formula is C16H33N. The van der Waals surface area contributed by atoms with Crippen molar-refractivity contribution in [1.82, 2.24) is 0 Å². The van der Waals surface area contributed by atoms with Crippen molar-refractivity contribution in [2.75, 3.05) is 0 Å². The Morgan fingerprint density at radius 2 is 1.76 bits per heavy atom. The maximum Gasteiger partial charge on any atom is 0.00698 e. The Balaban J connectivity index is 2.28. The lowest BCUT2D eigenvalue weighted by atomic mass is 9.76. The van der Waals surface area contributed by atoms with E-state index >= 15 is 0 Å². The fourth-order valence-corrected chi connectivity index (χ4v) is 3.27. The molecule has 1 rings (SSSR count). The zero-order valence-electron chi connectivity index (χ0n) is 12.3. The van der Waals surface area contributed by atoms with Gasteiger partial charge < -0.3 is 5.73 Å². The summed E-state index contributed by atoms with van der Waals surface area (Å²) in [5.41, 5.74) is 6.44. The van der Waals surface area contributed by atoms with E-state index < -0.39 is 0 Å². The van der Waals surface area contributed by atoms with Crippen LogP contribution in [0.2, 0.25) is 0 Å². The maximum absolute atomic E-state index is 6.44. The van der Waals surface area contributed by atoms with Crippen LogP contribution in [0.5, 0.6) is 0 Å². The SMILES string of the molecule is CCCCC(CC)CC(N)C1CCC(C)CC1. The molecule has 1 heteroatoms. The van der Waals surface area contributed by atoms with Gasteiger partial charge in [0.15, 0.2) is 0 Å². The second-order valence-electron chi connectivity index (χ2n) is 6.34. The maximum atomic E-state index is 6.44. The molecule has 0 bridgehead atoms. The molecule has 0 radical (unpaired) electrons. The van der Waals surface area contributed by atoms with Gasteiger partial charge in [-0.2, -0.15) is 0 Å². The van der Waals surface area contributed by atoms with E-state index in [4.69, 9.17) is 5.73 Å². The molecule has 0 aliphatic heterocycles. The van der Waals surface area contributed by atoms with Gasteiger partial charge in [0, 0.05) is 6.04 Å². The lowest BCUT2D eigenvalue weighted by Crippen LogP contribution is -2.34. The van der Waals surface area contributed by atoms with Crippen molar-refractivity contribution in [1.29, 1.82) is 0 Å². The molecule has 2 N–H and O–H groups in total. The van der Waals surface area contributed by atoms with Crippen molar-refractivity contribution >= 4 is 0 Å². The summed E-state index contributed by atoms with van der Waals surface area (Å²) in [6.45, 7) is 7.00. The molecule has 0 saturated heterocycles. The lowest BCUT2D eigenvalue weighted by Gasteiger charge is -2.32. The van der Waals surface area contributed by atoms with Crippen molar-refractivity contribution in [2.24, 2.45) is 23.5 Å². The van der Waals surface area contributed by atoms with Crippen LogP contribution in [0.3, 0.4) is 0 Å². The van der Waals surface area contributed by atoms with Gasteiger partial charge in [-0.1, -0.05) is 59.3 Å². The topological polar surface area (TPSA) is 26.0 Å². The van der Waals surface area contributed by atoms with Gasteiger partial charge in [-0.3, -0.25) is 0 Å². The molecule has 1 aliphatic carbocycles. The number of unbranched alkanes of at least 4 members (excludes halogenated alkanes) is 1. The summed E-state index contributed by atoms with van der Waals surface area (Å²) in [6.07, 6.45) is 12.3. The molecule has 0 aromatic rings. The first-order chi connectivity index (χ1) is 8.17. The molecule has 0 aromatic heterocycles. The largest absolute Gasteiger partial charge is 0.327 e. The van der Waals surface area contributed by atoms with Crippen LogP contribution in [0.15, 0.2) is 0 Å². The van der Waals surface area contributed by atoms with E-state index in [0.717, 1.165) is 17.8 Å². The van der Waals surface area contributed by atoms with Crippen LogP contribution in [0, 0.1) is 17.8 Å². The minimum absolute atomic E-state index is 0.476. The molecule has 2 unspecified atom stereocenters. The van der Waals surface area contributed by atoms with Crippen LogP contribution in [0.4, 0.5) is 0 Å². The molecular weight excluding hydrogens is 206 g/mol. The summed E-state index contributed by atoms with van der Waals surface area (Å²) >= 11 is 0. The summed E-state index contributed by atoms with van der Waals surface area (Å²) in [5.74, 6) is 2.65. The quantitative estimate of drug-likeness (QED) is 0.682. The average Bonchev–Trinajstić information content (AvgIpc) is 2.35. The second kappa shape index (κ2) is 8.13. The first kappa shape index (κ1) is 15.0. The van der Waals surface area contributed by atoms with Gasteiger partial charge >= 0.3 is 0 Å². The molecule has 0 spiro atoms. The zero-order chi connectivity index (χ0) is 12.7. The molecule has 1 nitrogen and oxygen atoms in total. The highest BCUT2D eigenvalue weighted by Gasteiger charge is 2.25. The van der Waals surface area contributed by atoms with E-state index in [1.54, 1.807) is 0 Å². The van der Waals surface area contributed by atoms with Crippen molar-refractivity contribution in [3.8, 4) is 0 Å². The van der Waals surface area contributed by atoms with Gasteiger partial charge in [0.1, 0.15) is 0 Å². The lowest BCUT2D eigenvalue weighted by molar-refractivity contribution is 0.227. The smallest absolute Gasteiger partial charge is 0.00698 e. The van der Waals surface area contributed by atoms with Crippen LogP contribution < -0.4 is 5.73 Å². The zero-order valence-corrected chi connectivity index (χ0v) is 12.3. The fraction of sp³-hybridized carbons (Fsp3) is 1.00. The highest BCUT2D eigenvalue weighted by Crippen LogP contribution is 2.32. The number of nitrogens with two attached hydrogens (primary N) is 1. The van der Waals surface area contributed by atoms with E-state index in [9.17, 15) is 0 Å². The summed E-state index contributed by atoms with van der Waals surface area (Å²) in [6, 6.07) is 0.476. The molecule has 0 heterocycles. The third-order valence-corrected chi connectivity index (χ3v) is 4.81. The molecule has 1 saturated carbocycles. The van der Waals surface area contributed by atoms with E-state index in [-0.39, 0.29) is 0 Å².